The van der Waals surface area contributed by atoms with Crippen molar-refractivity contribution in [1.29, 1.82) is 0 Å². The zero-order chi connectivity index (χ0) is 30.6. The molecule has 1 unspecified atom stereocenters. The number of Topliss-reactive ketones (excluding diaryl/α,β-unsaturated/α-hetero) is 1. The summed E-state index contributed by atoms with van der Waals surface area (Å²) >= 11 is 0. The van der Waals surface area contributed by atoms with Gasteiger partial charge in [0, 0.05) is 18.3 Å². The van der Waals surface area contributed by atoms with Crippen LogP contribution in [0.2, 0.25) is 0 Å². The van der Waals surface area contributed by atoms with Gasteiger partial charge in [-0.15, -0.1) is 0 Å². The largest absolute Gasteiger partial charge is 0.490 e. The fourth-order valence-electron chi connectivity index (χ4n) is 3.54. The lowest BCUT2D eigenvalue weighted by Gasteiger charge is -2.20. The molecule has 13 nitrogen and oxygen atoms in total. The van der Waals surface area contributed by atoms with Crippen molar-refractivity contribution in [3.8, 4) is 5.75 Å². The molecule has 0 saturated heterocycles. The molecule has 0 spiro atoms. The molecule has 0 aliphatic heterocycles. The van der Waals surface area contributed by atoms with Gasteiger partial charge in [-0.05, 0) is 48.2 Å². The van der Waals surface area contributed by atoms with Gasteiger partial charge in [-0.1, -0.05) is 48.8 Å². The Morgan fingerprint density at radius 2 is 1.68 bits per heavy atom. The highest BCUT2D eigenvalue weighted by Crippen LogP contribution is 2.17. The van der Waals surface area contributed by atoms with E-state index in [1.165, 1.54) is 19.1 Å². The number of ether oxygens (including phenoxy) is 2. The van der Waals surface area contributed by atoms with Gasteiger partial charge in [0.05, 0.1) is 10.9 Å². The second-order valence-electron chi connectivity index (χ2n) is 9.42. The number of hydrogen-bond acceptors (Lipinski definition) is 10. The molecule has 1 N–H and O–H groups in total. The number of nitrogens with one attached hydrogen (secondary N) is 1. The van der Waals surface area contributed by atoms with Gasteiger partial charge in [0.2, 0.25) is 11.7 Å². The molecule has 0 bridgehead atoms. The standard InChI is InChI=1S/C27H32N4O9S/c1-17(2)26(30-31-28)27(35)29-24(25(34)14-32)13-20-7-9-21(10-8-20)38-15-22(40-19(4)33)16-39-41(36,37)23-11-5-18(3)6-12-23/h5-12,14,17,22,24,26H,13,15-16H2,1-4H3,(H,29,35)/t22?,24-,26-/m0/s1. The number of carbonyl (C=O) groups is 4. The summed E-state index contributed by atoms with van der Waals surface area (Å²) in [5.74, 6) is -2.19. The summed E-state index contributed by atoms with van der Waals surface area (Å²) in [4.78, 5) is 50.0. The summed E-state index contributed by atoms with van der Waals surface area (Å²) in [6, 6.07) is 10.1. The molecule has 2 aromatic carbocycles. The van der Waals surface area contributed by atoms with Crippen LogP contribution in [0, 0.1) is 12.8 Å². The lowest BCUT2D eigenvalue weighted by molar-refractivity contribution is -0.149. The van der Waals surface area contributed by atoms with Crippen LogP contribution in [0.4, 0.5) is 0 Å². The molecule has 41 heavy (non-hydrogen) atoms. The van der Waals surface area contributed by atoms with Crippen molar-refractivity contribution in [3.63, 3.8) is 0 Å². The predicted molar refractivity (Wildman–Crippen MR) is 146 cm³/mol. The minimum atomic E-state index is -4.09. The normalized spacial score (nSPS) is 13.3. The van der Waals surface area contributed by atoms with E-state index >= 15 is 0 Å². The summed E-state index contributed by atoms with van der Waals surface area (Å²) in [6.07, 6.45) is -0.954. The Hall–Kier alpha value is -4.26. The van der Waals surface area contributed by atoms with Gasteiger partial charge in [0.1, 0.15) is 25.0 Å². The van der Waals surface area contributed by atoms with Gasteiger partial charge in [-0.3, -0.25) is 23.4 Å². The van der Waals surface area contributed by atoms with Crippen molar-refractivity contribution in [3.05, 3.63) is 70.1 Å². The molecular formula is C27H32N4O9S. The van der Waals surface area contributed by atoms with Gasteiger partial charge < -0.3 is 14.8 Å². The first-order valence-corrected chi connectivity index (χ1v) is 14.0. The number of hydrogen-bond donors (Lipinski definition) is 1. The highest BCUT2D eigenvalue weighted by molar-refractivity contribution is 7.86. The zero-order valence-corrected chi connectivity index (χ0v) is 23.9. The number of nitrogens with zero attached hydrogens (tertiary/aromatic N) is 3. The number of aryl methyl sites for hydroxylation is 1. The van der Waals surface area contributed by atoms with E-state index in [4.69, 9.17) is 19.2 Å². The molecule has 14 heteroatoms. The van der Waals surface area contributed by atoms with E-state index < -0.39 is 52.6 Å². The van der Waals surface area contributed by atoms with Gasteiger partial charge in [0.15, 0.2) is 12.4 Å². The van der Waals surface area contributed by atoms with Crippen LogP contribution in [0.15, 0.2) is 58.5 Å². The topological polar surface area (TPSA) is 191 Å². The van der Waals surface area contributed by atoms with Crippen molar-refractivity contribution in [2.75, 3.05) is 13.2 Å². The number of benzene rings is 2. The number of ketones is 1. The number of rotatable bonds is 16. The number of esters is 1. The fraction of sp³-hybridized carbons (Fsp3) is 0.407. The summed E-state index contributed by atoms with van der Waals surface area (Å²) < 4.78 is 40.8. The Balaban J connectivity index is 2.04. The molecule has 0 saturated carbocycles. The average Bonchev–Trinajstić information content (AvgIpc) is 2.92. The number of amides is 1. The number of carbonyl (C=O) groups excluding carboxylic acids is 4. The van der Waals surface area contributed by atoms with Crippen LogP contribution in [0.1, 0.15) is 31.9 Å². The number of aldehydes is 1. The SMILES string of the molecule is CC(=O)OC(COc1ccc(C[C@H](NC(=O)[C@@H](N=[N+]=[N-])C(C)C)C(=O)C=O)cc1)COS(=O)(=O)c1ccc(C)cc1. The van der Waals surface area contributed by atoms with E-state index in [-0.39, 0.29) is 30.1 Å². The molecule has 0 aromatic heterocycles. The lowest BCUT2D eigenvalue weighted by Crippen LogP contribution is -2.47. The fourth-order valence-corrected chi connectivity index (χ4v) is 4.48. The van der Waals surface area contributed by atoms with Crippen LogP contribution in [-0.4, -0.2) is 63.8 Å². The molecule has 0 aliphatic rings. The van der Waals surface area contributed by atoms with Crippen LogP contribution in [0.3, 0.4) is 0 Å². The summed E-state index contributed by atoms with van der Waals surface area (Å²) in [6.45, 7) is 5.64. The zero-order valence-electron chi connectivity index (χ0n) is 23.1. The maximum Gasteiger partial charge on any atom is 0.303 e. The van der Waals surface area contributed by atoms with Crippen LogP contribution >= 0.6 is 0 Å². The Morgan fingerprint density at radius 1 is 1.05 bits per heavy atom. The Morgan fingerprint density at radius 3 is 2.22 bits per heavy atom. The van der Waals surface area contributed by atoms with Gasteiger partial charge in [-0.2, -0.15) is 8.42 Å². The molecule has 2 aromatic rings. The second-order valence-corrected chi connectivity index (χ2v) is 11.0. The van der Waals surface area contributed by atoms with E-state index in [0.717, 1.165) is 5.56 Å². The Bertz CT molecular complexity index is 1370. The molecule has 0 fully saturated rings. The van der Waals surface area contributed by atoms with E-state index in [1.807, 2.05) is 6.92 Å². The Kier molecular flexibility index (Phi) is 12.5. The van der Waals surface area contributed by atoms with Crippen molar-refractivity contribution in [2.24, 2.45) is 11.0 Å². The lowest BCUT2D eigenvalue weighted by atomic mass is 10.00. The minimum Gasteiger partial charge on any atom is -0.490 e. The first-order valence-electron chi connectivity index (χ1n) is 12.5. The van der Waals surface area contributed by atoms with Crippen molar-refractivity contribution < 1.29 is 41.3 Å². The highest BCUT2D eigenvalue weighted by Gasteiger charge is 2.27. The molecule has 220 valence electrons. The molecule has 2 rings (SSSR count). The van der Waals surface area contributed by atoms with Crippen molar-refractivity contribution in [2.45, 2.75) is 57.2 Å². The van der Waals surface area contributed by atoms with E-state index in [9.17, 15) is 27.6 Å². The molecule has 3 atom stereocenters. The molecule has 0 radical (unpaired) electrons. The third-order valence-corrected chi connectivity index (χ3v) is 7.00. The predicted octanol–water partition coefficient (Wildman–Crippen LogP) is 2.84. The van der Waals surface area contributed by atoms with Crippen molar-refractivity contribution >= 4 is 34.1 Å². The summed E-state index contributed by atoms with van der Waals surface area (Å²) in [7, 11) is -4.09. The monoisotopic (exact) mass is 588 g/mol. The van der Waals surface area contributed by atoms with Crippen molar-refractivity contribution in [1.82, 2.24) is 5.32 Å². The van der Waals surface area contributed by atoms with Gasteiger partial charge in [-0.25, -0.2) is 0 Å². The third kappa shape index (κ3) is 10.7. The van der Waals surface area contributed by atoms with Crippen LogP contribution in [0.5, 0.6) is 5.75 Å². The second kappa shape index (κ2) is 15.5. The summed E-state index contributed by atoms with van der Waals surface area (Å²) in [5.41, 5.74) is 10.2. The highest BCUT2D eigenvalue weighted by atomic mass is 32.2. The Labute approximate surface area is 237 Å². The number of azide groups is 1. The first kappa shape index (κ1) is 32.9. The van der Waals surface area contributed by atoms with Crippen LogP contribution in [0.25, 0.3) is 10.4 Å². The van der Waals surface area contributed by atoms with Gasteiger partial charge >= 0.3 is 5.97 Å². The third-order valence-electron chi connectivity index (χ3n) is 5.70. The van der Waals surface area contributed by atoms with E-state index in [1.54, 1.807) is 50.2 Å². The average molecular weight is 589 g/mol. The van der Waals surface area contributed by atoms with Gasteiger partial charge in [0.25, 0.3) is 10.1 Å². The minimum absolute atomic E-state index is 0.0224. The maximum absolute atomic E-state index is 12.5. The molecule has 1 amide bonds. The van der Waals surface area contributed by atoms with Crippen LogP contribution < -0.4 is 10.1 Å². The smallest absolute Gasteiger partial charge is 0.303 e. The van der Waals surface area contributed by atoms with Crippen LogP contribution in [-0.2, 0) is 44.6 Å². The summed E-state index contributed by atoms with van der Waals surface area (Å²) in [5, 5.41) is 5.93. The first-order chi connectivity index (χ1) is 19.4. The molecule has 0 heterocycles. The van der Waals surface area contributed by atoms with E-state index in [0.29, 0.717) is 11.3 Å². The molecule has 0 aliphatic carbocycles. The van der Waals surface area contributed by atoms with E-state index in [2.05, 4.69) is 15.3 Å². The maximum atomic E-state index is 12.5. The molecular weight excluding hydrogens is 556 g/mol. The quantitative estimate of drug-likeness (QED) is 0.0584.